The van der Waals surface area contributed by atoms with E-state index in [1.807, 2.05) is 11.0 Å². The van der Waals surface area contributed by atoms with Gasteiger partial charge in [0.25, 0.3) is 5.91 Å². The third kappa shape index (κ3) is 4.69. The van der Waals surface area contributed by atoms with Crippen molar-refractivity contribution in [1.29, 1.82) is 0 Å². The number of anilines is 1. The van der Waals surface area contributed by atoms with Crippen molar-refractivity contribution in [2.24, 2.45) is 0 Å². The Labute approximate surface area is 134 Å². The van der Waals surface area contributed by atoms with E-state index in [1.165, 1.54) is 0 Å². The topological polar surface area (TPSA) is 58.8 Å². The minimum absolute atomic E-state index is 0.0524. The van der Waals surface area contributed by atoms with Crippen LogP contribution in [0.4, 0.5) is 5.69 Å². The van der Waals surface area contributed by atoms with Crippen molar-refractivity contribution in [2.75, 3.05) is 52.2 Å². The van der Waals surface area contributed by atoms with Crippen LogP contribution in [0.25, 0.3) is 0 Å². The first kappa shape index (κ1) is 16.3. The van der Waals surface area contributed by atoms with Crippen molar-refractivity contribution in [3.05, 3.63) is 28.2 Å². The number of nitrogen functional groups attached to an aromatic ring is 1. The molecule has 0 bridgehead atoms. The quantitative estimate of drug-likeness (QED) is 0.837. The Hall–Kier alpha value is -1.11. The van der Waals surface area contributed by atoms with Crippen molar-refractivity contribution in [3.63, 3.8) is 0 Å². The number of rotatable bonds is 4. The molecule has 1 aliphatic heterocycles. The van der Waals surface area contributed by atoms with E-state index in [-0.39, 0.29) is 5.91 Å². The van der Waals surface area contributed by atoms with Gasteiger partial charge in [-0.1, -0.05) is 15.9 Å². The lowest BCUT2D eigenvalue weighted by molar-refractivity contribution is 0.0759. The highest BCUT2D eigenvalue weighted by atomic mass is 79.9. The molecule has 0 spiro atoms. The molecule has 6 heteroatoms. The lowest BCUT2D eigenvalue weighted by atomic mass is 10.1. The number of methoxy groups -OCH3 is 1. The molecule has 1 aliphatic rings. The van der Waals surface area contributed by atoms with Crippen LogP contribution in [0.1, 0.15) is 16.8 Å². The molecule has 1 amide bonds. The van der Waals surface area contributed by atoms with Crippen LogP contribution in [0, 0.1) is 0 Å². The molecule has 1 aromatic carbocycles. The van der Waals surface area contributed by atoms with Crippen LogP contribution in [0.15, 0.2) is 22.7 Å². The van der Waals surface area contributed by atoms with Crippen molar-refractivity contribution >= 4 is 27.5 Å². The number of halogens is 1. The van der Waals surface area contributed by atoms with Crippen LogP contribution in [0.2, 0.25) is 0 Å². The summed E-state index contributed by atoms with van der Waals surface area (Å²) in [5.74, 6) is 0.0524. The Balaban J connectivity index is 1.99. The van der Waals surface area contributed by atoms with Gasteiger partial charge in [-0.15, -0.1) is 0 Å². The first-order valence-electron chi connectivity index (χ1n) is 7.17. The summed E-state index contributed by atoms with van der Waals surface area (Å²) in [6, 6.07) is 5.36. The zero-order chi connectivity index (χ0) is 15.2. The summed E-state index contributed by atoms with van der Waals surface area (Å²) < 4.78 is 5.95. The molecule has 116 valence electrons. The molecule has 1 aromatic rings. The first-order chi connectivity index (χ1) is 10.1. The monoisotopic (exact) mass is 355 g/mol. The van der Waals surface area contributed by atoms with E-state index in [1.54, 1.807) is 19.2 Å². The van der Waals surface area contributed by atoms with E-state index in [2.05, 4.69) is 20.8 Å². The largest absolute Gasteiger partial charge is 0.399 e. The predicted molar refractivity (Wildman–Crippen MR) is 87.4 cm³/mol. The fourth-order valence-corrected chi connectivity index (χ4v) is 3.05. The zero-order valence-electron chi connectivity index (χ0n) is 12.3. The van der Waals surface area contributed by atoms with Crippen LogP contribution >= 0.6 is 15.9 Å². The molecule has 0 unspecified atom stereocenters. The Kier molecular flexibility index (Phi) is 6.02. The normalized spacial score (nSPS) is 16.8. The first-order valence-corrected chi connectivity index (χ1v) is 7.96. The van der Waals surface area contributed by atoms with Crippen LogP contribution in [0.3, 0.4) is 0 Å². The van der Waals surface area contributed by atoms with Gasteiger partial charge in [0.1, 0.15) is 0 Å². The Morgan fingerprint density at radius 3 is 2.81 bits per heavy atom. The van der Waals surface area contributed by atoms with Gasteiger partial charge in [-0.2, -0.15) is 0 Å². The van der Waals surface area contributed by atoms with Crippen molar-refractivity contribution in [3.8, 4) is 0 Å². The number of ether oxygens (including phenoxy) is 1. The van der Waals surface area contributed by atoms with Crippen LogP contribution in [-0.4, -0.2) is 62.1 Å². The third-order valence-electron chi connectivity index (χ3n) is 3.65. The fraction of sp³-hybridized carbons (Fsp3) is 0.533. The lowest BCUT2D eigenvalue weighted by Crippen LogP contribution is -2.36. The van der Waals surface area contributed by atoms with E-state index < -0.39 is 0 Å². The summed E-state index contributed by atoms with van der Waals surface area (Å²) in [4.78, 5) is 16.8. The summed E-state index contributed by atoms with van der Waals surface area (Å²) >= 11 is 3.39. The summed E-state index contributed by atoms with van der Waals surface area (Å²) in [7, 11) is 1.71. The van der Waals surface area contributed by atoms with Gasteiger partial charge in [-0.25, -0.2) is 0 Å². The molecule has 0 saturated carbocycles. The molecule has 5 nitrogen and oxygen atoms in total. The minimum atomic E-state index is 0.0524. The summed E-state index contributed by atoms with van der Waals surface area (Å²) in [6.45, 7) is 5.08. The molecule has 21 heavy (non-hydrogen) atoms. The van der Waals surface area contributed by atoms with Crippen molar-refractivity contribution in [1.82, 2.24) is 9.80 Å². The second-order valence-corrected chi connectivity index (χ2v) is 6.17. The van der Waals surface area contributed by atoms with E-state index in [0.29, 0.717) is 11.3 Å². The number of nitrogens with zero attached hydrogens (tertiary/aromatic N) is 2. The van der Waals surface area contributed by atoms with Crippen molar-refractivity contribution in [2.45, 2.75) is 6.42 Å². The maximum absolute atomic E-state index is 12.6. The number of hydrogen-bond acceptors (Lipinski definition) is 4. The highest BCUT2D eigenvalue weighted by molar-refractivity contribution is 9.10. The van der Waals surface area contributed by atoms with Gasteiger partial charge in [-0.3, -0.25) is 9.69 Å². The summed E-state index contributed by atoms with van der Waals surface area (Å²) in [6.07, 6.45) is 0.985. The Bertz CT molecular complexity index is 476. The molecule has 0 aliphatic carbocycles. The van der Waals surface area contributed by atoms with Gasteiger partial charge in [0.15, 0.2) is 0 Å². The van der Waals surface area contributed by atoms with Gasteiger partial charge in [0, 0.05) is 49.0 Å². The van der Waals surface area contributed by atoms with Crippen LogP contribution in [0.5, 0.6) is 0 Å². The Morgan fingerprint density at radius 2 is 2.10 bits per heavy atom. The number of carbonyl (C=O) groups excluding carboxylic acids is 1. The van der Waals surface area contributed by atoms with Gasteiger partial charge >= 0.3 is 0 Å². The molecule has 0 radical (unpaired) electrons. The molecule has 2 rings (SSSR count). The second-order valence-electron chi connectivity index (χ2n) is 5.25. The van der Waals surface area contributed by atoms with Crippen LogP contribution in [-0.2, 0) is 4.74 Å². The Morgan fingerprint density at radius 1 is 1.29 bits per heavy atom. The van der Waals surface area contributed by atoms with Gasteiger partial charge < -0.3 is 15.4 Å². The average Bonchev–Trinajstić information content (AvgIpc) is 2.68. The lowest BCUT2D eigenvalue weighted by Gasteiger charge is -2.22. The van der Waals surface area contributed by atoms with Crippen molar-refractivity contribution < 1.29 is 9.53 Å². The fourth-order valence-electron chi connectivity index (χ4n) is 2.54. The summed E-state index contributed by atoms with van der Waals surface area (Å²) in [5, 5.41) is 0. The maximum Gasteiger partial charge on any atom is 0.254 e. The van der Waals surface area contributed by atoms with Crippen LogP contribution < -0.4 is 5.73 Å². The number of nitrogens with two attached hydrogens (primary N) is 1. The molecule has 0 aromatic heterocycles. The highest BCUT2D eigenvalue weighted by Gasteiger charge is 2.20. The average molecular weight is 356 g/mol. The molecule has 2 N–H and O–H groups in total. The van der Waals surface area contributed by atoms with Gasteiger partial charge in [0.05, 0.1) is 6.61 Å². The number of hydrogen-bond donors (Lipinski definition) is 1. The molecule has 1 heterocycles. The van der Waals surface area contributed by atoms with Gasteiger partial charge in [-0.05, 0) is 31.2 Å². The van der Waals surface area contributed by atoms with E-state index in [4.69, 9.17) is 10.5 Å². The third-order valence-corrected chi connectivity index (χ3v) is 4.11. The standard InChI is InChI=1S/C15H22BrN3O2/c1-21-8-7-18-3-2-4-19(6-5-18)15(20)12-9-13(16)11-14(17)10-12/h9-11H,2-8,17H2,1H3. The minimum Gasteiger partial charge on any atom is -0.399 e. The molecule has 1 fully saturated rings. The highest BCUT2D eigenvalue weighted by Crippen LogP contribution is 2.19. The van der Waals surface area contributed by atoms with E-state index in [0.717, 1.165) is 50.2 Å². The molecular weight excluding hydrogens is 334 g/mol. The summed E-state index contributed by atoms with van der Waals surface area (Å²) in [5.41, 5.74) is 7.06. The number of carbonyl (C=O) groups is 1. The number of benzene rings is 1. The van der Waals surface area contributed by atoms with E-state index in [9.17, 15) is 4.79 Å². The zero-order valence-corrected chi connectivity index (χ0v) is 13.9. The van der Waals surface area contributed by atoms with Gasteiger partial charge in [0.2, 0.25) is 0 Å². The molecule has 0 atom stereocenters. The molecular formula is C15H22BrN3O2. The smallest absolute Gasteiger partial charge is 0.254 e. The van der Waals surface area contributed by atoms with E-state index >= 15 is 0 Å². The SMILES string of the molecule is COCCN1CCCN(C(=O)c2cc(N)cc(Br)c2)CC1. The number of amides is 1. The molecule has 1 saturated heterocycles. The maximum atomic E-state index is 12.6. The second kappa shape index (κ2) is 7.77. The predicted octanol–water partition coefficient (Wildman–Crippen LogP) is 1.83.